The van der Waals surface area contributed by atoms with E-state index in [1.54, 1.807) is 0 Å². The highest BCUT2D eigenvalue weighted by atomic mass is 35.5. The molecule has 3 rings (SSSR count). The number of aromatic nitrogens is 1. The summed E-state index contributed by atoms with van der Waals surface area (Å²) < 4.78 is 1.91. The third-order valence-electron chi connectivity index (χ3n) is 3.72. The lowest BCUT2D eigenvalue weighted by Gasteiger charge is -2.05. The Morgan fingerprint density at radius 2 is 1.93 bits per heavy atom. The van der Waals surface area contributed by atoms with Crippen molar-refractivity contribution in [1.29, 1.82) is 0 Å². The maximum atomic E-state index is 12.3. The lowest BCUT2D eigenvalue weighted by Crippen LogP contribution is -2.17. The van der Waals surface area contributed by atoms with Crippen molar-refractivity contribution >= 4 is 52.2 Å². The average molecular weight is 432 g/mol. The summed E-state index contributed by atoms with van der Waals surface area (Å²) in [6.45, 7) is 2.03. The molecule has 0 spiro atoms. The smallest absolute Gasteiger partial charge is 0.258 e. The Balaban J connectivity index is 1.63. The fourth-order valence-corrected chi connectivity index (χ4v) is 4.06. The maximum absolute atomic E-state index is 12.3. The third-order valence-corrected chi connectivity index (χ3v) is 5.88. The van der Waals surface area contributed by atoms with E-state index in [2.05, 4.69) is 10.3 Å². The summed E-state index contributed by atoms with van der Waals surface area (Å²) in [6, 6.07) is 15.0. The van der Waals surface area contributed by atoms with E-state index in [4.69, 9.17) is 11.6 Å². The average Bonchev–Trinajstić information content (AvgIpc) is 3.09. The summed E-state index contributed by atoms with van der Waals surface area (Å²) in [7, 11) is 0. The van der Waals surface area contributed by atoms with Crippen molar-refractivity contribution < 1.29 is 9.59 Å². The number of benzene rings is 2. The van der Waals surface area contributed by atoms with E-state index < -0.39 is 0 Å². The largest absolute Gasteiger partial charge is 0.326 e. The van der Waals surface area contributed by atoms with E-state index >= 15 is 0 Å². The van der Waals surface area contributed by atoms with Crippen molar-refractivity contribution in [3.63, 3.8) is 0 Å². The molecule has 1 aromatic heterocycles. The van der Waals surface area contributed by atoms with Gasteiger partial charge < -0.3 is 9.88 Å². The number of thioether (sulfide) groups is 1. The van der Waals surface area contributed by atoms with E-state index in [9.17, 15) is 9.59 Å². The van der Waals surface area contributed by atoms with Crippen LogP contribution >= 0.6 is 34.7 Å². The van der Waals surface area contributed by atoms with Crippen LogP contribution in [0.3, 0.4) is 0 Å². The Morgan fingerprint density at radius 3 is 2.64 bits per heavy atom. The number of nitrogens with zero attached hydrogens (tertiary/aromatic N) is 2. The van der Waals surface area contributed by atoms with Gasteiger partial charge in [-0.25, -0.2) is 0 Å². The topological polar surface area (TPSA) is 63.5 Å². The first kappa shape index (κ1) is 20.4. The van der Waals surface area contributed by atoms with Gasteiger partial charge in [0.25, 0.3) is 5.91 Å². The van der Waals surface area contributed by atoms with Gasteiger partial charge in [-0.3, -0.25) is 9.59 Å². The summed E-state index contributed by atoms with van der Waals surface area (Å²) in [4.78, 5) is 29.2. The molecule has 0 bridgehead atoms. The van der Waals surface area contributed by atoms with E-state index in [0.29, 0.717) is 16.4 Å². The van der Waals surface area contributed by atoms with Crippen LogP contribution in [0.1, 0.15) is 12.5 Å². The van der Waals surface area contributed by atoms with E-state index in [0.717, 1.165) is 16.1 Å². The molecule has 144 valence electrons. The fraction of sp³-hybridized carbons (Fsp3) is 0.150. The van der Waals surface area contributed by atoms with Gasteiger partial charge in [0.2, 0.25) is 5.91 Å². The van der Waals surface area contributed by atoms with Crippen molar-refractivity contribution in [2.45, 2.75) is 18.4 Å². The van der Waals surface area contributed by atoms with Gasteiger partial charge in [0, 0.05) is 34.1 Å². The van der Waals surface area contributed by atoms with Gasteiger partial charge in [0.05, 0.1) is 12.3 Å². The zero-order chi connectivity index (χ0) is 19.9. The minimum Gasteiger partial charge on any atom is -0.326 e. The molecule has 0 saturated heterocycles. The molecule has 0 fully saturated rings. The van der Waals surface area contributed by atoms with Crippen LogP contribution in [0.5, 0.6) is 0 Å². The second-order valence-electron chi connectivity index (χ2n) is 5.90. The lowest BCUT2D eigenvalue weighted by molar-refractivity contribution is -0.116. The molecule has 8 heteroatoms. The number of carbonyl (C=O) groups excluding carboxylic acids is 2. The van der Waals surface area contributed by atoms with E-state index in [1.807, 2.05) is 64.7 Å². The molecule has 1 heterocycles. The number of anilines is 1. The van der Waals surface area contributed by atoms with Crippen molar-refractivity contribution in [2.24, 2.45) is 4.99 Å². The number of halogens is 1. The second-order valence-corrected chi connectivity index (χ2v) is 8.23. The van der Waals surface area contributed by atoms with Crippen LogP contribution in [0.15, 0.2) is 70.0 Å². The molecule has 1 N–H and O–H groups in total. The molecule has 0 aliphatic carbocycles. The van der Waals surface area contributed by atoms with Gasteiger partial charge in [0.15, 0.2) is 4.80 Å². The highest BCUT2D eigenvalue weighted by Crippen LogP contribution is 2.20. The van der Waals surface area contributed by atoms with Crippen molar-refractivity contribution in [3.05, 3.63) is 75.5 Å². The fourth-order valence-electron chi connectivity index (χ4n) is 2.44. The number of carbonyl (C=O) groups is 2. The maximum Gasteiger partial charge on any atom is 0.258 e. The molecule has 0 aliphatic rings. The first-order chi connectivity index (χ1) is 13.5. The van der Waals surface area contributed by atoms with Crippen molar-refractivity contribution in [3.8, 4) is 0 Å². The summed E-state index contributed by atoms with van der Waals surface area (Å²) in [6.07, 6.45) is 1.90. The summed E-state index contributed by atoms with van der Waals surface area (Å²) >= 11 is 9.05. The van der Waals surface area contributed by atoms with Gasteiger partial charge in [-0.15, -0.1) is 23.1 Å². The van der Waals surface area contributed by atoms with Crippen LogP contribution in [0.2, 0.25) is 5.02 Å². The van der Waals surface area contributed by atoms with Gasteiger partial charge in [-0.05, 0) is 35.9 Å². The van der Waals surface area contributed by atoms with Gasteiger partial charge >= 0.3 is 0 Å². The van der Waals surface area contributed by atoms with Gasteiger partial charge in [-0.2, -0.15) is 4.99 Å². The third kappa shape index (κ3) is 5.82. The molecule has 2 aromatic carbocycles. The molecule has 0 atom stereocenters. The Morgan fingerprint density at radius 1 is 1.18 bits per heavy atom. The number of nitrogens with one attached hydrogen (secondary N) is 1. The normalized spacial score (nSPS) is 11.4. The second kappa shape index (κ2) is 9.73. The molecule has 5 nitrogen and oxygen atoms in total. The number of rotatable bonds is 6. The number of hydrogen-bond donors (Lipinski definition) is 1. The molecular formula is C20H18ClN3O2S2. The molecule has 0 aliphatic heterocycles. The zero-order valence-corrected chi connectivity index (χ0v) is 17.5. The van der Waals surface area contributed by atoms with Gasteiger partial charge in [0.1, 0.15) is 0 Å². The molecular weight excluding hydrogens is 414 g/mol. The molecule has 2 amide bonds. The molecule has 28 heavy (non-hydrogen) atoms. The summed E-state index contributed by atoms with van der Waals surface area (Å²) in [5, 5.41) is 5.30. The van der Waals surface area contributed by atoms with Crippen molar-refractivity contribution in [1.82, 2.24) is 4.57 Å². The summed E-state index contributed by atoms with van der Waals surface area (Å²) in [5.74, 6) is -0.0783. The predicted molar refractivity (Wildman–Crippen MR) is 115 cm³/mol. The SMILES string of the molecule is CC(=O)Nc1ccc(SCC(=O)N=c2sccn2Cc2ccccc2Cl)cc1. The van der Waals surface area contributed by atoms with Crippen LogP contribution in [-0.2, 0) is 16.1 Å². The quantitative estimate of drug-likeness (QED) is 0.587. The van der Waals surface area contributed by atoms with Gasteiger partial charge in [-0.1, -0.05) is 29.8 Å². The van der Waals surface area contributed by atoms with E-state index in [-0.39, 0.29) is 17.6 Å². The molecule has 3 aromatic rings. The lowest BCUT2D eigenvalue weighted by atomic mass is 10.2. The van der Waals surface area contributed by atoms with Crippen LogP contribution in [0.4, 0.5) is 5.69 Å². The molecule has 0 saturated carbocycles. The Bertz CT molecular complexity index is 1040. The van der Waals surface area contributed by atoms with Crippen LogP contribution < -0.4 is 10.1 Å². The summed E-state index contributed by atoms with van der Waals surface area (Å²) in [5.41, 5.74) is 1.71. The van der Waals surface area contributed by atoms with Crippen LogP contribution in [0, 0.1) is 0 Å². The standard InChI is InChI=1S/C20H18ClN3O2S2/c1-14(25)22-16-6-8-17(9-7-16)28-13-19(26)23-20-24(10-11-27-20)12-15-4-2-3-5-18(15)21/h2-11H,12-13H2,1H3,(H,22,25). The van der Waals surface area contributed by atoms with Crippen molar-refractivity contribution in [2.75, 3.05) is 11.1 Å². The van der Waals surface area contributed by atoms with Crippen LogP contribution in [0.25, 0.3) is 0 Å². The Labute approximate surface area is 176 Å². The zero-order valence-electron chi connectivity index (χ0n) is 15.1. The Kier molecular flexibility index (Phi) is 7.08. The highest BCUT2D eigenvalue weighted by Gasteiger charge is 2.06. The first-order valence-corrected chi connectivity index (χ1v) is 10.7. The monoisotopic (exact) mass is 431 g/mol. The molecule has 0 unspecified atom stereocenters. The minimum atomic E-state index is -0.203. The van der Waals surface area contributed by atoms with E-state index in [1.165, 1.54) is 30.0 Å². The predicted octanol–water partition coefficient (Wildman–Crippen LogP) is 4.43. The minimum absolute atomic E-state index is 0.115. The molecule has 0 radical (unpaired) electrons. The highest BCUT2D eigenvalue weighted by molar-refractivity contribution is 8.00. The number of amides is 2. The number of thiazole rings is 1. The first-order valence-electron chi connectivity index (χ1n) is 8.46. The van der Waals surface area contributed by atoms with Crippen LogP contribution in [-0.4, -0.2) is 22.1 Å². The number of hydrogen-bond acceptors (Lipinski definition) is 4. The Hall–Kier alpha value is -2.35.